The van der Waals surface area contributed by atoms with Gasteiger partial charge >= 0.3 is 0 Å². The SMILES string of the molecule is CC(C)C(=O)CN=C/C(Cl)=C\N. The van der Waals surface area contributed by atoms with E-state index >= 15 is 0 Å². The van der Waals surface area contributed by atoms with E-state index in [9.17, 15) is 4.79 Å². The summed E-state index contributed by atoms with van der Waals surface area (Å²) in [7, 11) is 0. The van der Waals surface area contributed by atoms with Crippen LogP contribution in [0.25, 0.3) is 0 Å². The van der Waals surface area contributed by atoms with Gasteiger partial charge in [0.25, 0.3) is 0 Å². The maximum Gasteiger partial charge on any atom is 0.156 e. The van der Waals surface area contributed by atoms with Crippen LogP contribution in [-0.4, -0.2) is 18.5 Å². The highest BCUT2D eigenvalue weighted by atomic mass is 35.5. The van der Waals surface area contributed by atoms with Crippen molar-refractivity contribution in [2.45, 2.75) is 13.8 Å². The molecule has 0 saturated carbocycles. The number of allylic oxidation sites excluding steroid dienone is 1. The third-order valence-corrected chi connectivity index (χ3v) is 1.49. The second-order valence-corrected chi connectivity index (χ2v) is 3.08. The van der Waals surface area contributed by atoms with Crippen LogP contribution in [0.1, 0.15) is 13.8 Å². The Labute approximate surface area is 77.3 Å². The van der Waals surface area contributed by atoms with Gasteiger partial charge < -0.3 is 5.73 Å². The zero-order chi connectivity index (χ0) is 9.56. The number of nitrogens with two attached hydrogens (primary N) is 1. The van der Waals surface area contributed by atoms with Gasteiger partial charge in [0.15, 0.2) is 5.78 Å². The lowest BCUT2D eigenvalue weighted by atomic mass is 10.1. The van der Waals surface area contributed by atoms with E-state index < -0.39 is 0 Å². The smallest absolute Gasteiger partial charge is 0.156 e. The van der Waals surface area contributed by atoms with Gasteiger partial charge in [-0.2, -0.15) is 0 Å². The van der Waals surface area contributed by atoms with Crippen LogP contribution in [0.15, 0.2) is 16.2 Å². The summed E-state index contributed by atoms with van der Waals surface area (Å²) in [6.07, 6.45) is 2.60. The minimum atomic E-state index is 0.0165. The van der Waals surface area contributed by atoms with Crippen LogP contribution >= 0.6 is 11.6 Å². The topological polar surface area (TPSA) is 55.5 Å². The zero-order valence-corrected chi connectivity index (χ0v) is 8.01. The summed E-state index contributed by atoms with van der Waals surface area (Å²) < 4.78 is 0. The highest BCUT2D eigenvalue weighted by Gasteiger charge is 2.04. The summed E-state index contributed by atoms with van der Waals surface area (Å²) >= 11 is 5.50. The molecule has 12 heavy (non-hydrogen) atoms. The molecule has 0 heterocycles. The molecule has 0 aromatic rings. The van der Waals surface area contributed by atoms with Crippen LogP contribution < -0.4 is 5.73 Å². The second kappa shape index (κ2) is 5.77. The Balaban J connectivity index is 3.83. The molecule has 0 radical (unpaired) electrons. The first kappa shape index (κ1) is 11.2. The van der Waals surface area contributed by atoms with Gasteiger partial charge in [-0.25, -0.2) is 0 Å². The zero-order valence-electron chi connectivity index (χ0n) is 7.25. The molecule has 4 heteroatoms. The van der Waals surface area contributed by atoms with Crippen molar-refractivity contribution in [2.75, 3.05) is 6.54 Å². The molecule has 0 fully saturated rings. The molecule has 0 atom stereocenters. The summed E-state index contributed by atoms with van der Waals surface area (Å²) in [6, 6.07) is 0. The van der Waals surface area contributed by atoms with Gasteiger partial charge in [0.2, 0.25) is 0 Å². The lowest BCUT2D eigenvalue weighted by molar-refractivity contribution is -0.120. The first-order valence-corrected chi connectivity index (χ1v) is 4.05. The molecule has 0 rings (SSSR count). The average Bonchev–Trinajstić information content (AvgIpc) is 2.03. The van der Waals surface area contributed by atoms with Gasteiger partial charge in [-0.15, -0.1) is 0 Å². The standard InChI is InChI=1S/C8H13ClN2O/c1-6(2)8(12)5-11-4-7(9)3-10/h3-4,6H,5,10H2,1-2H3/b7-3+,11-4?. The van der Waals surface area contributed by atoms with Crippen molar-refractivity contribution in [3.63, 3.8) is 0 Å². The Morgan fingerprint density at radius 2 is 2.25 bits per heavy atom. The van der Waals surface area contributed by atoms with Gasteiger partial charge in [0.05, 0.1) is 11.6 Å². The molecule has 2 N–H and O–H groups in total. The van der Waals surface area contributed by atoms with Crippen molar-refractivity contribution >= 4 is 23.6 Å². The molecular formula is C8H13ClN2O. The van der Waals surface area contributed by atoms with E-state index in [-0.39, 0.29) is 18.2 Å². The van der Waals surface area contributed by atoms with E-state index in [0.717, 1.165) is 0 Å². The van der Waals surface area contributed by atoms with Crippen LogP contribution in [0, 0.1) is 5.92 Å². The predicted octanol–water partition coefficient (Wildman–Crippen LogP) is 1.32. The monoisotopic (exact) mass is 188 g/mol. The molecule has 0 bridgehead atoms. The lowest BCUT2D eigenvalue weighted by Crippen LogP contribution is -2.10. The average molecular weight is 189 g/mol. The molecule has 0 aliphatic carbocycles. The molecule has 0 saturated heterocycles. The Hall–Kier alpha value is -0.830. The van der Waals surface area contributed by atoms with Gasteiger partial charge in [0, 0.05) is 18.3 Å². The van der Waals surface area contributed by atoms with Crippen molar-refractivity contribution < 1.29 is 4.79 Å². The first-order valence-electron chi connectivity index (χ1n) is 3.68. The molecule has 3 nitrogen and oxygen atoms in total. The van der Waals surface area contributed by atoms with Crippen molar-refractivity contribution in [1.29, 1.82) is 0 Å². The Bertz CT molecular complexity index is 209. The van der Waals surface area contributed by atoms with E-state index in [1.54, 1.807) is 0 Å². The van der Waals surface area contributed by atoms with Crippen molar-refractivity contribution in [1.82, 2.24) is 0 Å². The fourth-order valence-corrected chi connectivity index (χ4v) is 0.517. The fraction of sp³-hybridized carbons (Fsp3) is 0.500. The molecule has 0 spiro atoms. The third kappa shape index (κ3) is 4.91. The highest BCUT2D eigenvalue weighted by Crippen LogP contribution is 1.96. The molecular weight excluding hydrogens is 176 g/mol. The Morgan fingerprint density at radius 3 is 2.67 bits per heavy atom. The number of hydrogen-bond donors (Lipinski definition) is 1. The second-order valence-electron chi connectivity index (χ2n) is 2.64. The molecule has 0 aliphatic heterocycles. The van der Waals surface area contributed by atoms with Gasteiger partial charge in [0.1, 0.15) is 0 Å². The maximum atomic E-state index is 11.0. The fourth-order valence-electron chi connectivity index (χ4n) is 0.448. The van der Waals surface area contributed by atoms with Gasteiger partial charge in [-0.1, -0.05) is 25.4 Å². The molecule has 0 aromatic carbocycles. The summed E-state index contributed by atoms with van der Waals surface area (Å²) in [5, 5.41) is 0.339. The molecule has 68 valence electrons. The molecule has 0 amide bonds. The summed E-state index contributed by atoms with van der Waals surface area (Å²) in [5.74, 6) is 0.107. The highest BCUT2D eigenvalue weighted by molar-refractivity contribution is 6.39. The summed E-state index contributed by atoms with van der Waals surface area (Å²) in [4.78, 5) is 14.8. The van der Waals surface area contributed by atoms with Crippen molar-refractivity contribution in [2.24, 2.45) is 16.6 Å². The van der Waals surface area contributed by atoms with Gasteiger partial charge in [-0.3, -0.25) is 9.79 Å². The van der Waals surface area contributed by atoms with Crippen LogP contribution in [0.5, 0.6) is 0 Å². The molecule has 0 aromatic heterocycles. The van der Waals surface area contributed by atoms with Crippen LogP contribution in [0.3, 0.4) is 0 Å². The van der Waals surface area contributed by atoms with E-state index in [1.165, 1.54) is 12.4 Å². The quantitative estimate of drug-likeness (QED) is 0.677. The number of nitrogens with zero attached hydrogens (tertiary/aromatic N) is 1. The Kier molecular flexibility index (Phi) is 5.37. The number of rotatable bonds is 4. The summed E-state index contributed by atoms with van der Waals surface area (Å²) in [6.45, 7) is 3.83. The van der Waals surface area contributed by atoms with Crippen LogP contribution in [-0.2, 0) is 4.79 Å². The number of Topliss-reactive ketones (excluding diaryl/α,β-unsaturated/α-hetero) is 1. The predicted molar refractivity (Wildman–Crippen MR) is 51.3 cm³/mol. The minimum Gasteiger partial charge on any atom is -0.403 e. The minimum absolute atomic E-state index is 0.0165. The normalized spacial score (nSPS) is 12.8. The van der Waals surface area contributed by atoms with Crippen LogP contribution in [0.2, 0.25) is 0 Å². The third-order valence-electron chi connectivity index (χ3n) is 1.26. The van der Waals surface area contributed by atoms with E-state index in [1.807, 2.05) is 13.8 Å². The number of carbonyl (C=O) groups excluding carboxylic acids is 1. The number of ketones is 1. The number of halogens is 1. The number of aliphatic imine (C=N–C) groups is 1. The number of carbonyl (C=O) groups is 1. The number of hydrogen-bond acceptors (Lipinski definition) is 3. The lowest BCUT2D eigenvalue weighted by Gasteiger charge is -1.98. The summed E-state index contributed by atoms with van der Waals surface area (Å²) in [5.41, 5.74) is 5.08. The first-order chi connectivity index (χ1) is 5.57. The van der Waals surface area contributed by atoms with E-state index in [0.29, 0.717) is 5.03 Å². The molecule has 0 aliphatic rings. The van der Waals surface area contributed by atoms with Gasteiger partial charge in [-0.05, 0) is 0 Å². The molecule has 0 unspecified atom stereocenters. The van der Waals surface area contributed by atoms with E-state index in [2.05, 4.69) is 4.99 Å². The van der Waals surface area contributed by atoms with E-state index in [4.69, 9.17) is 17.3 Å². The largest absolute Gasteiger partial charge is 0.403 e. The Morgan fingerprint density at radius 1 is 1.67 bits per heavy atom. The van der Waals surface area contributed by atoms with Crippen molar-refractivity contribution in [3.05, 3.63) is 11.2 Å². The van der Waals surface area contributed by atoms with Crippen molar-refractivity contribution in [3.8, 4) is 0 Å². The van der Waals surface area contributed by atoms with Crippen LogP contribution in [0.4, 0.5) is 0 Å². The maximum absolute atomic E-state index is 11.0.